The van der Waals surface area contributed by atoms with Gasteiger partial charge in [-0.05, 0) is 54.8 Å². The zero-order chi connectivity index (χ0) is 20.8. The van der Waals surface area contributed by atoms with E-state index >= 15 is 0 Å². The number of hydrogen-bond donors (Lipinski definition) is 0. The highest BCUT2D eigenvalue weighted by molar-refractivity contribution is 9.10. The molecule has 1 aliphatic rings. The predicted molar refractivity (Wildman–Crippen MR) is 108 cm³/mol. The molecule has 8 heteroatoms. The maximum atomic E-state index is 13.3. The molecule has 1 amide bonds. The zero-order valence-electron chi connectivity index (χ0n) is 16.4. The topological polar surface area (TPSA) is 82.1 Å². The van der Waals surface area contributed by atoms with Gasteiger partial charge in [0.15, 0.2) is 11.5 Å². The Balaban J connectivity index is 2.63. The molecule has 0 N–H and O–H groups in total. The highest BCUT2D eigenvalue weighted by Crippen LogP contribution is 2.41. The van der Waals surface area contributed by atoms with Gasteiger partial charge in [-0.3, -0.25) is 14.5 Å². The van der Waals surface area contributed by atoms with Crippen LogP contribution in [0.2, 0.25) is 0 Å². The normalized spacial score (nSPS) is 13.7. The molecule has 1 fully saturated rings. The van der Waals surface area contributed by atoms with Crippen LogP contribution in [0.5, 0.6) is 5.75 Å². The Morgan fingerprint density at radius 1 is 1.21 bits per heavy atom. The molecule has 0 spiro atoms. The molecular weight excluding hydrogens is 430 g/mol. The van der Waals surface area contributed by atoms with Crippen molar-refractivity contribution in [2.45, 2.75) is 26.7 Å². The van der Waals surface area contributed by atoms with Gasteiger partial charge in [0.05, 0.1) is 37.1 Å². The van der Waals surface area contributed by atoms with Crippen molar-refractivity contribution in [3.05, 3.63) is 34.0 Å². The number of rotatable bonds is 9. The number of allylic oxidation sites excluding steroid dienone is 1. The average molecular weight is 454 g/mol. The van der Waals surface area contributed by atoms with E-state index in [-0.39, 0.29) is 35.1 Å². The van der Waals surface area contributed by atoms with E-state index in [1.54, 1.807) is 26.0 Å². The summed E-state index contributed by atoms with van der Waals surface area (Å²) < 4.78 is 16.1. The summed E-state index contributed by atoms with van der Waals surface area (Å²) in [6.07, 6.45) is 2.09. The van der Waals surface area contributed by atoms with Crippen molar-refractivity contribution in [1.82, 2.24) is 0 Å². The Morgan fingerprint density at radius 2 is 1.89 bits per heavy atom. The molecule has 0 radical (unpaired) electrons. The van der Waals surface area contributed by atoms with E-state index in [1.165, 1.54) is 25.4 Å². The molecule has 2 rings (SSSR count). The number of Topliss-reactive ketones (excluding diaryl/α,β-unsaturated/α-hetero) is 2. The van der Waals surface area contributed by atoms with Crippen LogP contribution < -0.4 is 9.64 Å². The summed E-state index contributed by atoms with van der Waals surface area (Å²) in [7, 11) is 2.70. The highest BCUT2D eigenvalue weighted by atomic mass is 79.9. The van der Waals surface area contributed by atoms with E-state index in [0.29, 0.717) is 16.8 Å². The summed E-state index contributed by atoms with van der Waals surface area (Å²) in [5.41, 5.74) is 0.366. The van der Waals surface area contributed by atoms with Crippen LogP contribution >= 0.6 is 15.9 Å². The van der Waals surface area contributed by atoms with Crippen molar-refractivity contribution in [1.29, 1.82) is 0 Å². The van der Waals surface area contributed by atoms with Crippen LogP contribution in [0.15, 0.2) is 28.4 Å². The Morgan fingerprint density at radius 3 is 2.39 bits per heavy atom. The predicted octanol–water partition coefficient (Wildman–Crippen LogP) is 4.13. The summed E-state index contributed by atoms with van der Waals surface area (Å²) in [5, 5.41) is 0. The van der Waals surface area contributed by atoms with Crippen LogP contribution in [-0.2, 0) is 14.3 Å². The lowest BCUT2D eigenvalue weighted by atomic mass is 9.96. The number of anilines is 1. The summed E-state index contributed by atoms with van der Waals surface area (Å²) >= 11 is 3.38. The number of hydrogen-bond acceptors (Lipinski definition) is 6. The Kier molecular flexibility index (Phi) is 7.62. The van der Waals surface area contributed by atoms with Crippen molar-refractivity contribution >= 4 is 39.3 Å². The van der Waals surface area contributed by atoms with E-state index < -0.39 is 11.9 Å². The van der Waals surface area contributed by atoms with Gasteiger partial charge in [-0.1, -0.05) is 0 Å². The number of nitrogens with zero attached hydrogens (tertiary/aromatic N) is 1. The molecule has 0 unspecified atom stereocenters. The van der Waals surface area contributed by atoms with Gasteiger partial charge in [-0.15, -0.1) is 0 Å². The van der Waals surface area contributed by atoms with Gasteiger partial charge in [0.2, 0.25) is 5.78 Å². The maximum absolute atomic E-state index is 13.3. The van der Waals surface area contributed by atoms with Gasteiger partial charge in [-0.2, -0.15) is 0 Å². The molecule has 0 atom stereocenters. The monoisotopic (exact) mass is 453 g/mol. The Bertz CT molecular complexity index is 800. The van der Waals surface area contributed by atoms with Crippen molar-refractivity contribution in [3.63, 3.8) is 0 Å². The molecule has 152 valence electrons. The molecular formula is C20H24BrNO6. The van der Waals surface area contributed by atoms with Gasteiger partial charge >= 0.3 is 6.09 Å². The van der Waals surface area contributed by atoms with Crippen LogP contribution in [0.3, 0.4) is 0 Å². The van der Waals surface area contributed by atoms with Gasteiger partial charge in [0, 0.05) is 12.5 Å². The van der Waals surface area contributed by atoms with Crippen LogP contribution in [0, 0.1) is 5.92 Å². The number of halogens is 1. The van der Waals surface area contributed by atoms with Crippen LogP contribution in [0.25, 0.3) is 0 Å². The van der Waals surface area contributed by atoms with Gasteiger partial charge in [0.25, 0.3) is 0 Å². The molecule has 0 saturated heterocycles. The number of ether oxygens (including phenoxy) is 3. The number of ketones is 2. The second-order valence-electron chi connectivity index (χ2n) is 6.15. The molecule has 1 aromatic rings. The number of carbonyl (C=O) groups is 3. The Labute approximate surface area is 172 Å². The average Bonchev–Trinajstić information content (AvgIpc) is 3.53. The fourth-order valence-corrected chi connectivity index (χ4v) is 3.26. The first-order valence-electron chi connectivity index (χ1n) is 9.03. The minimum absolute atomic E-state index is 0.0316. The van der Waals surface area contributed by atoms with Crippen molar-refractivity contribution < 1.29 is 28.6 Å². The number of benzene rings is 1. The smallest absolute Gasteiger partial charge is 0.414 e. The third-order valence-corrected chi connectivity index (χ3v) is 4.96. The van der Waals surface area contributed by atoms with Gasteiger partial charge < -0.3 is 14.2 Å². The molecule has 0 aromatic heterocycles. The molecule has 1 aliphatic carbocycles. The lowest BCUT2D eigenvalue weighted by Crippen LogP contribution is -2.32. The van der Waals surface area contributed by atoms with E-state index in [1.807, 2.05) is 0 Å². The SMILES string of the molecule is CCOC=C(C(=O)c1ccc(Br)c(OC)c1N(CC)C(=O)OC)C(=O)C1CC1. The van der Waals surface area contributed by atoms with Crippen molar-refractivity contribution in [2.75, 3.05) is 32.3 Å². The number of carbonyl (C=O) groups excluding carboxylic acids is 3. The third-order valence-electron chi connectivity index (χ3n) is 4.34. The minimum Gasteiger partial charge on any atom is -0.501 e. The van der Waals surface area contributed by atoms with Crippen LogP contribution in [-0.4, -0.2) is 45.0 Å². The lowest BCUT2D eigenvalue weighted by molar-refractivity contribution is -0.116. The Hall–Kier alpha value is -2.35. The van der Waals surface area contributed by atoms with E-state index in [9.17, 15) is 14.4 Å². The molecule has 0 bridgehead atoms. The van der Waals surface area contributed by atoms with Crippen molar-refractivity contribution in [3.8, 4) is 5.75 Å². The summed E-state index contributed by atoms with van der Waals surface area (Å²) in [6.45, 7) is 4.08. The highest BCUT2D eigenvalue weighted by Gasteiger charge is 2.37. The third kappa shape index (κ3) is 4.55. The fraction of sp³-hybridized carbons (Fsp3) is 0.450. The largest absolute Gasteiger partial charge is 0.501 e. The molecule has 1 saturated carbocycles. The molecule has 7 nitrogen and oxygen atoms in total. The second kappa shape index (κ2) is 9.73. The maximum Gasteiger partial charge on any atom is 0.414 e. The first kappa shape index (κ1) is 21.9. The van der Waals surface area contributed by atoms with Crippen molar-refractivity contribution in [2.24, 2.45) is 5.92 Å². The standard InChI is InChI=1S/C20H24BrNO6/c1-5-22(20(25)27-4)16-13(9-10-15(21)19(16)26-3)18(24)14(11-28-6-2)17(23)12-7-8-12/h9-12H,5-8H2,1-4H3. The lowest BCUT2D eigenvalue weighted by Gasteiger charge is -2.25. The fourth-order valence-electron chi connectivity index (χ4n) is 2.78. The second-order valence-corrected chi connectivity index (χ2v) is 7.00. The van der Waals surface area contributed by atoms with E-state index in [0.717, 1.165) is 12.8 Å². The van der Waals surface area contributed by atoms with Crippen LogP contribution in [0.4, 0.5) is 10.5 Å². The zero-order valence-corrected chi connectivity index (χ0v) is 18.0. The first-order chi connectivity index (χ1) is 13.4. The summed E-state index contributed by atoms with van der Waals surface area (Å²) in [6, 6.07) is 3.19. The molecule has 1 aromatic carbocycles. The quantitative estimate of drug-likeness (QED) is 0.184. The van der Waals surface area contributed by atoms with E-state index in [4.69, 9.17) is 14.2 Å². The number of methoxy groups -OCH3 is 2. The molecule has 0 heterocycles. The van der Waals surface area contributed by atoms with E-state index in [2.05, 4.69) is 15.9 Å². The molecule has 28 heavy (non-hydrogen) atoms. The van der Waals surface area contributed by atoms with Crippen LogP contribution in [0.1, 0.15) is 37.0 Å². The first-order valence-corrected chi connectivity index (χ1v) is 9.83. The number of amides is 1. The van der Waals surface area contributed by atoms with Gasteiger partial charge in [0.1, 0.15) is 11.3 Å². The molecule has 0 aliphatic heterocycles. The summed E-state index contributed by atoms with van der Waals surface area (Å²) in [4.78, 5) is 39.6. The minimum atomic E-state index is -0.642. The van der Waals surface area contributed by atoms with Gasteiger partial charge in [-0.25, -0.2) is 4.79 Å². The summed E-state index contributed by atoms with van der Waals surface area (Å²) in [5.74, 6) is -0.618.